The molecule has 1 saturated heterocycles. The number of hydrogen-bond acceptors (Lipinski definition) is 4. The molecule has 98 valence electrons. The molecule has 1 amide bonds. The molecule has 1 rings (SSSR count). The monoisotopic (exact) mass is 254 g/mol. The fraction of sp³-hybridized carbons (Fsp3) is 0.778. The van der Waals surface area contributed by atoms with Gasteiger partial charge in [-0.25, -0.2) is 0 Å². The van der Waals surface area contributed by atoms with Crippen LogP contribution in [0.1, 0.15) is 12.8 Å². The number of carbonyl (C=O) groups excluding carboxylic acids is 2. The van der Waals surface area contributed by atoms with Gasteiger partial charge in [0, 0.05) is 12.5 Å². The first-order valence-electron chi connectivity index (χ1n) is 5.06. The van der Waals surface area contributed by atoms with Gasteiger partial charge in [-0.05, 0) is 12.8 Å². The lowest BCUT2D eigenvalue weighted by Crippen LogP contribution is -2.38. The summed E-state index contributed by atoms with van der Waals surface area (Å²) < 4.78 is 38.4. The minimum atomic E-state index is -4.85. The smallest absolute Gasteiger partial charge is 0.356 e. The van der Waals surface area contributed by atoms with Crippen LogP contribution in [-0.2, 0) is 14.3 Å². The predicted octanol–water partition coefficient (Wildman–Crippen LogP) is -0.0546. The average molecular weight is 254 g/mol. The highest BCUT2D eigenvalue weighted by atomic mass is 19.4. The third kappa shape index (κ3) is 4.70. The van der Waals surface area contributed by atoms with Gasteiger partial charge >= 0.3 is 6.36 Å². The van der Waals surface area contributed by atoms with Crippen molar-refractivity contribution >= 4 is 11.7 Å². The maximum atomic E-state index is 11.7. The van der Waals surface area contributed by atoms with Crippen molar-refractivity contribution in [2.24, 2.45) is 11.7 Å². The summed E-state index contributed by atoms with van der Waals surface area (Å²) in [6.45, 7) is -0.609. The SMILES string of the molecule is NC(C[C@@H]1CCNC1=O)C(=O)COC(F)(F)F. The second kappa shape index (κ2) is 5.46. The van der Waals surface area contributed by atoms with Crippen LogP contribution in [0.3, 0.4) is 0 Å². The number of nitrogens with two attached hydrogens (primary N) is 1. The van der Waals surface area contributed by atoms with E-state index in [9.17, 15) is 22.8 Å². The summed E-state index contributed by atoms with van der Waals surface area (Å²) in [5.41, 5.74) is 5.41. The van der Waals surface area contributed by atoms with Gasteiger partial charge < -0.3 is 11.1 Å². The number of halogens is 3. The van der Waals surface area contributed by atoms with E-state index in [0.717, 1.165) is 0 Å². The first-order chi connectivity index (χ1) is 7.79. The van der Waals surface area contributed by atoms with Gasteiger partial charge in [-0.1, -0.05) is 0 Å². The van der Waals surface area contributed by atoms with E-state index in [2.05, 4.69) is 10.1 Å². The molecular formula is C9H13F3N2O3. The summed E-state index contributed by atoms with van der Waals surface area (Å²) in [6, 6.07) is -1.11. The zero-order valence-corrected chi connectivity index (χ0v) is 8.92. The Morgan fingerprint density at radius 3 is 2.71 bits per heavy atom. The summed E-state index contributed by atoms with van der Waals surface area (Å²) >= 11 is 0. The lowest BCUT2D eigenvalue weighted by Gasteiger charge is -2.14. The van der Waals surface area contributed by atoms with E-state index < -0.39 is 30.7 Å². The normalized spacial score (nSPS) is 22.4. The number of alkyl halides is 3. The van der Waals surface area contributed by atoms with Crippen molar-refractivity contribution in [1.29, 1.82) is 0 Å². The van der Waals surface area contributed by atoms with Gasteiger partial charge in [0.25, 0.3) is 0 Å². The Kier molecular flexibility index (Phi) is 4.47. The molecule has 0 aromatic rings. The molecule has 0 aromatic carbocycles. The number of ether oxygens (including phenoxy) is 1. The molecule has 1 aliphatic rings. The highest BCUT2D eigenvalue weighted by molar-refractivity contribution is 5.86. The zero-order valence-electron chi connectivity index (χ0n) is 8.92. The molecule has 1 aliphatic heterocycles. The summed E-state index contributed by atoms with van der Waals surface area (Å²) in [6.07, 6.45) is -4.26. The minimum Gasteiger partial charge on any atom is -0.356 e. The predicted molar refractivity (Wildman–Crippen MR) is 50.7 cm³/mol. The van der Waals surface area contributed by atoms with Gasteiger partial charge in [-0.2, -0.15) is 0 Å². The fourth-order valence-electron chi connectivity index (χ4n) is 1.57. The second-order valence-electron chi connectivity index (χ2n) is 3.82. The molecule has 3 N–H and O–H groups in total. The molecule has 1 fully saturated rings. The molecule has 1 heterocycles. The van der Waals surface area contributed by atoms with Crippen LogP contribution in [0.2, 0.25) is 0 Å². The van der Waals surface area contributed by atoms with Crippen LogP contribution < -0.4 is 11.1 Å². The van der Waals surface area contributed by atoms with Gasteiger partial charge in [0.15, 0.2) is 5.78 Å². The molecule has 2 atom stereocenters. The largest absolute Gasteiger partial charge is 0.522 e. The molecule has 1 unspecified atom stereocenters. The molecule has 0 radical (unpaired) electrons. The van der Waals surface area contributed by atoms with Crippen LogP contribution in [0.25, 0.3) is 0 Å². The quantitative estimate of drug-likeness (QED) is 0.720. The third-order valence-corrected chi connectivity index (χ3v) is 2.49. The Hall–Kier alpha value is -1.15. The topological polar surface area (TPSA) is 81.4 Å². The number of nitrogens with one attached hydrogen (secondary N) is 1. The minimum absolute atomic E-state index is 0.0475. The number of ketones is 1. The van der Waals surface area contributed by atoms with Crippen LogP contribution in [0.4, 0.5) is 13.2 Å². The summed E-state index contributed by atoms with van der Waals surface area (Å²) in [4.78, 5) is 22.4. The van der Waals surface area contributed by atoms with Crippen molar-refractivity contribution in [2.45, 2.75) is 25.2 Å². The number of Topliss-reactive ketones (excluding diaryl/α,β-unsaturated/α-hetero) is 1. The van der Waals surface area contributed by atoms with E-state index in [1.54, 1.807) is 0 Å². The average Bonchev–Trinajstić information content (AvgIpc) is 2.59. The maximum absolute atomic E-state index is 11.7. The Morgan fingerprint density at radius 2 is 2.24 bits per heavy atom. The van der Waals surface area contributed by atoms with Crippen molar-refractivity contribution in [3.8, 4) is 0 Å². The number of carbonyl (C=O) groups is 2. The molecule has 17 heavy (non-hydrogen) atoms. The molecule has 0 aliphatic carbocycles. The van der Waals surface area contributed by atoms with Gasteiger partial charge in [0.05, 0.1) is 6.04 Å². The molecule has 0 aromatic heterocycles. The first kappa shape index (κ1) is 13.9. The van der Waals surface area contributed by atoms with E-state index >= 15 is 0 Å². The van der Waals surface area contributed by atoms with Gasteiger partial charge in [0.2, 0.25) is 5.91 Å². The van der Waals surface area contributed by atoms with Crippen LogP contribution in [0.15, 0.2) is 0 Å². The van der Waals surface area contributed by atoms with Gasteiger partial charge in [-0.15, -0.1) is 13.2 Å². The molecule has 0 bridgehead atoms. The Bertz CT molecular complexity index is 306. The highest BCUT2D eigenvalue weighted by Crippen LogP contribution is 2.18. The third-order valence-electron chi connectivity index (χ3n) is 2.49. The van der Waals surface area contributed by atoms with Crippen molar-refractivity contribution < 1.29 is 27.5 Å². The van der Waals surface area contributed by atoms with Crippen molar-refractivity contribution in [2.75, 3.05) is 13.2 Å². The summed E-state index contributed by atoms with van der Waals surface area (Å²) in [5.74, 6) is -1.48. The van der Waals surface area contributed by atoms with Crippen molar-refractivity contribution in [3.63, 3.8) is 0 Å². The standard InChI is InChI=1S/C9H13F3N2O3/c10-9(11,12)17-4-7(15)6(13)3-5-1-2-14-8(5)16/h5-6H,1-4,13H2,(H,14,16)/t5-,6?/m0/s1. The van der Waals surface area contributed by atoms with Crippen LogP contribution in [-0.4, -0.2) is 37.2 Å². The summed E-state index contributed by atoms with van der Waals surface area (Å²) in [5, 5.41) is 2.55. The number of amides is 1. The van der Waals surface area contributed by atoms with Crippen molar-refractivity contribution in [3.05, 3.63) is 0 Å². The Labute approximate surface area is 95.5 Å². The van der Waals surface area contributed by atoms with E-state index in [-0.39, 0.29) is 12.3 Å². The summed E-state index contributed by atoms with van der Waals surface area (Å²) in [7, 11) is 0. The molecule has 0 spiro atoms. The van der Waals surface area contributed by atoms with Gasteiger partial charge in [0.1, 0.15) is 6.61 Å². The molecule has 0 saturated carbocycles. The molecule has 5 nitrogen and oxygen atoms in total. The molecule has 8 heteroatoms. The van der Waals surface area contributed by atoms with E-state index in [1.807, 2.05) is 0 Å². The number of rotatable bonds is 5. The van der Waals surface area contributed by atoms with Crippen LogP contribution in [0, 0.1) is 5.92 Å². The zero-order chi connectivity index (χ0) is 13.1. The van der Waals surface area contributed by atoms with Crippen LogP contribution >= 0.6 is 0 Å². The maximum Gasteiger partial charge on any atom is 0.522 e. The lowest BCUT2D eigenvalue weighted by atomic mass is 9.97. The lowest BCUT2D eigenvalue weighted by molar-refractivity contribution is -0.320. The highest BCUT2D eigenvalue weighted by Gasteiger charge is 2.33. The van der Waals surface area contributed by atoms with E-state index in [1.165, 1.54) is 0 Å². The molecular weight excluding hydrogens is 241 g/mol. The van der Waals surface area contributed by atoms with Crippen LogP contribution in [0.5, 0.6) is 0 Å². The van der Waals surface area contributed by atoms with Crippen molar-refractivity contribution in [1.82, 2.24) is 5.32 Å². The van der Waals surface area contributed by atoms with E-state index in [4.69, 9.17) is 5.73 Å². The number of hydrogen-bond donors (Lipinski definition) is 2. The Balaban J connectivity index is 2.34. The fourth-order valence-corrected chi connectivity index (χ4v) is 1.57. The second-order valence-corrected chi connectivity index (χ2v) is 3.82. The first-order valence-corrected chi connectivity index (χ1v) is 5.06. The Morgan fingerprint density at radius 1 is 1.59 bits per heavy atom. The van der Waals surface area contributed by atoms with Gasteiger partial charge in [-0.3, -0.25) is 14.3 Å². The van der Waals surface area contributed by atoms with E-state index in [0.29, 0.717) is 13.0 Å².